The molecule has 0 aromatic heterocycles. The molecule has 0 aromatic carbocycles. The predicted molar refractivity (Wildman–Crippen MR) is 71.9 cm³/mol. The van der Waals surface area contributed by atoms with Crippen LogP contribution in [-0.4, -0.2) is 63.3 Å². The van der Waals surface area contributed by atoms with E-state index in [4.69, 9.17) is 17.0 Å². The van der Waals surface area contributed by atoms with Crippen LogP contribution in [0.15, 0.2) is 0 Å². The zero-order valence-corrected chi connectivity index (χ0v) is 11.8. The first-order valence-electron chi connectivity index (χ1n) is 5.77. The molecule has 100 valence electrons. The monoisotopic (exact) mass is 280 g/mol. The number of unbranched alkanes of at least 4 members (excludes halogenated alkanes) is 1. The van der Waals surface area contributed by atoms with E-state index in [0.29, 0.717) is 6.42 Å². The lowest BCUT2D eigenvalue weighted by Gasteiger charge is -2.29. The summed E-state index contributed by atoms with van der Waals surface area (Å²) in [5.74, 6) is 0.249. The highest BCUT2D eigenvalue weighted by atomic mass is 32.2. The predicted octanol–water partition coefficient (Wildman–Crippen LogP) is 0.0179. The van der Waals surface area contributed by atoms with Crippen molar-refractivity contribution in [2.24, 2.45) is 0 Å². The van der Waals surface area contributed by atoms with Crippen molar-refractivity contribution in [2.75, 3.05) is 44.9 Å². The van der Waals surface area contributed by atoms with Crippen molar-refractivity contribution in [1.82, 2.24) is 10.2 Å². The molecule has 0 aromatic rings. The minimum absolute atomic E-state index is 0.249. The van der Waals surface area contributed by atoms with Crippen molar-refractivity contribution in [1.29, 1.82) is 0 Å². The molecule has 0 bridgehead atoms. The third kappa shape index (κ3) is 6.80. The van der Waals surface area contributed by atoms with E-state index in [1.165, 1.54) is 6.26 Å². The highest BCUT2D eigenvalue weighted by Crippen LogP contribution is 1.98. The lowest BCUT2D eigenvalue weighted by molar-refractivity contribution is 0.0677. The molecule has 0 aliphatic carbocycles. The van der Waals surface area contributed by atoms with Gasteiger partial charge in [0.25, 0.3) is 0 Å². The summed E-state index contributed by atoms with van der Waals surface area (Å²) in [6, 6.07) is 0. The second-order valence-corrected chi connectivity index (χ2v) is 6.81. The standard InChI is InChI=1S/C10H20N2O3S2/c1-17(13,14)9-3-2-4-11-10(16)12-5-7-15-8-6-12/h2-9H2,1H3,(H,11,16). The zero-order valence-electron chi connectivity index (χ0n) is 10.1. The van der Waals surface area contributed by atoms with Crippen LogP contribution in [0.1, 0.15) is 12.8 Å². The molecular weight excluding hydrogens is 260 g/mol. The van der Waals surface area contributed by atoms with Gasteiger partial charge in [-0.2, -0.15) is 0 Å². The number of nitrogens with one attached hydrogen (secondary N) is 1. The molecule has 1 aliphatic heterocycles. The van der Waals surface area contributed by atoms with Gasteiger partial charge in [0, 0.05) is 31.6 Å². The van der Waals surface area contributed by atoms with Crippen LogP contribution < -0.4 is 5.32 Å². The van der Waals surface area contributed by atoms with Gasteiger partial charge in [-0.15, -0.1) is 0 Å². The second kappa shape index (κ2) is 7.13. The minimum atomic E-state index is -2.83. The summed E-state index contributed by atoms with van der Waals surface area (Å²) in [6.45, 7) is 3.82. The van der Waals surface area contributed by atoms with Crippen LogP contribution in [0.2, 0.25) is 0 Å². The second-order valence-electron chi connectivity index (χ2n) is 4.17. The lowest BCUT2D eigenvalue weighted by Crippen LogP contribution is -2.46. The maximum absolute atomic E-state index is 10.9. The van der Waals surface area contributed by atoms with Crippen LogP contribution in [0.5, 0.6) is 0 Å². The molecule has 5 nitrogen and oxygen atoms in total. The first-order valence-corrected chi connectivity index (χ1v) is 8.24. The Morgan fingerprint density at radius 1 is 1.35 bits per heavy atom. The molecule has 0 radical (unpaired) electrons. The Labute approximate surface area is 108 Å². The molecule has 0 spiro atoms. The Morgan fingerprint density at radius 3 is 2.59 bits per heavy atom. The normalized spacial score (nSPS) is 16.9. The molecule has 1 saturated heterocycles. The molecule has 1 aliphatic rings. The third-order valence-corrected chi connectivity index (χ3v) is 3.95. The third-order valence-electron chi connectivity index (χ3n) is 2.52. The van der Waals surface area contributed by atoms with E-state index >= 15 is 0 Å². The van der Waals surface area contributed by atoms with E-state index in [2.05, 4.69) is 10.2 Å². The molecule has 1 fully saturated rings. The molecule has 0 saturated carbocycles. The first-order chi connectivity index (χ1) is 7.99. The lowest BCUT2D eigenvalue weighted by atomic mass is 10.3. The summed E-state index contributed by atoms with van der Waals surface area (Å²) in [6.07, 6.45) is 2.76. The maximum atomic E-state index is 10.9. The largest absolute Gasteiger partial charge is 0.378 e. The van der Waals surface area contributed by atoms with Crippen molar-refractivity contribution >= 4 is 27.2 Å². The van der Waals surface area contributed by atoms with Crippen molar-refractivity contribution in [3.8, 4) is 0 Å². The summed E-state index contributed by atoms with van der Waals surface area (Å²) in [7, 11) is -2.83. The maximum Gasteiger partial charge on any atom is 0.169 e. The topological polar surface area (TPSA) is 58.6 Å². The van der Waals surface area contributed by atoms with Gasteiger partial charge in [-0.1, -0.05) is 0 Å². The molecule has 17 heavy (non-hydrogen) atoms. The van der Waals surface area contributed by atoms with Crippen molar-refractivity contribution in [3.63, 3.8) is 0 Å². The van der Waals surface area contributed by atoms with Crippen molar-refractivity contribution < 1.29 is 13.2 Å². The van der Waals surface area contributed by atoms with E-state index in [1.54, 1.807) is 0 Å². The molecule has 1 rings (SSSR count). The fraction of sp³-hybridized carbons (Fsp3) is 0.900. The number of ether oxygens (including phenoxy) is 1. The van der Waals surface area contributed by atoms with Gasteiger partial charge in [-0.3, -0.25) is 0 Å². The molecule has 0 unspecified atom stereocenters. The van der Waals surface area contributed by atoms with E-state index in [1.807, 2.05) is 0 Å². The van der Waals surface area contributed by atoms with E-state index in [-0.39, 0.29) is 5.75 Å². The molecule has 0 amide bonds. The molecular formula is C10H20N2O3S2. The van der Waals surface area contributed by atoms with Crippen LogP contribution in [0.3, 0.4) is 0 Å². The Bertz CT molecular complexity index is 337. The van der Waals surface area contributed by atoms with E-state index < -0.39 is 9.84 Å². The number of hydrogen-bond acceptors (Lipinski definition) is 4. The van der Waals surface area contributed by atoms with E-state index in [9.17, 15) is 8.42 Å². The minimum Gasteiger partial charge on any atom is -0.378 e. The Hall–Kier alpha value is -0.400. The average Bonchev–Trinajstić information content (AvgIpc) is 2.28. The summed E-state index contributed by atoms with van der Waals surface area (Å²) >= 11 is 5.24. The van der Waals surface area contributed by atoms with Gasteiger partial charge < -0.3 is 15.0 Å². The van der Waals surface area contributed by atoms with Gasteiger partial charge in [-0.25, -0.2) is 8.42 Å². The SMILES string of the molecule is CS(=O)(=O)CCCCNC(=S)N1CCOCC1. The van der Waals surface area contributed by atoms with Crippen LogP contribution in [-0.2, 0) is 14.6 Å². The van der Waals surface area contributed by atoms with Crippen LogP contribution in [0.4, 0.5) is 0 Å². The summed E-state index contributed by atoms with van der Waals surface area (Å²) in [4.78, 5) is 2.08. The Balaban J connectivity index is 2.07. The number of thiocarbonyl (C=S) groups is 1. The summed E-state index contributed by atoms with van der Waals surface area (Å²) in [5.41, 5.74) is 0. The number of rotatable bonds is 5. The molecule has 1 N–H and O–H groups in total. The highest BCUT2D eigenvalue weighted by Gasteiger charge is 2.12. The fourth-order valence-corrected chi connectivity index (χ4v) is 2.58. The number of nitrogens with zero attached hydrogens (tertiary/aromatic N) is 1. The zero-order chi connectivity index (χ0) is 12.7. The number of sulfone groups is 1. The molecule has 7 heteroatoms. The van der Waals surface area contributed by atoms with Gasteiger partial charge in [0.1, 0.15) is 9.84 Å². The van der Waals surface area contributed by atoms with Gasteiger partial charge in [0.2, 0.25) is 0 Å². The quantitative estimate of drug-likeness (QED) is 0.566. The fourth-order valence-electron chi connectivity index (χ4n) is 1.56. The van der Waals surface area contributed by atoms with Crippen molar-refractivity contribution in [2.45, 2.75) is 12.8 Å². The summed E-state index contributed by atoms with van der Waals surface area (Å²) in [5, 5.41) is 3.89. The smallest absolute Gasteiger partial charge is 0.169 e. The summed E-state index contributed by atoms with van der Waals surface area (Å²) < 4.78 is 27.0. The van der Waals surface area contributed by atoms with Crippen LogP contribution in [0.25, 0.3) is 0 Å². The average molecular weight is 280 g/mol. The van der Waals surface area contributed by atoms with Gasteiger partial charge in [0.05, 0.1) is 13.2 Å². The first kappa shape index (κ1) is 14.7. The number of hydrogen-bond donors (Lipinski definition) is 1. The molecule has 1 heterocycles. The van der Waals surface area contributed by atoms with Crippen LogP contribution >= 0.6 is 12.2 Å². The van der Waals surface area contributed by atoms with Gasteiger partial charge >= 0.3 is 0 Å². The Morgan fingerprint density at radius 2 is 2.00 bits per heavy atom. The van der Waals surface area contributed by atoms with Gasteiger partial charge in [0.15, 0.2) is 5.11 Å². The highest BCUT2D eigenvalue weighted by molar-refractivity contribution is 7.90. The van der Waals surface area contributed by atoms with Crippen molar-refractivity contribution in [3.05, 3.63) is 0 Å². The number of morpholine rings is 1. The van der Waals surface area contributed by atoms with E-state index in [0.717, 1.165) is 44.4 Å². The Kier molecular flexibility index (Phi) is 6.15. The van der Waals surface area contributed by atoms with Crippen LogP contribution in [0, 0.1) is 0 Å². The molecule has 0 atom stereocenters. The van der Waals surface area contributed by atoms with Gasteiger partial charge in [-0.05, 0) is 25.1 Å².